The topological polar surface area (TPSA) is 49.3 Å². The zero-order valence-electron chi connectivity index (χ0n) is 10.1. The molecule has 0 heterocycles. The van der Waals surface area contributed by atoms with Crippen LogP contribution in [0.25, 0.3) is 0 Å². The zero-order valence-corrected chi connectivity index (χ0v) is 10.9. The van der Waals surface area contributed by atoms with Gasteiger partial charge in [0.05, 0.1) is 21.8 Å². The van der Waals surface area contributed by atoms with E-state index in [-0.39, 0.29) is 10.9 Å². The van der Waals surface area contributed by atoms with Crippen molar-refractivity contribution in [3.8, 4) is 0 Å². The third kappa shape index (κ3) is 3.85. The number of aliphatic hydroxyl groups excluding tert-OH is 1. The van der Waals surface area contributed by atoms with Crippen LogP contribution in [-0.4, -0.2) is 26.2 Å². The first-order valence-electron chi connectivity index (χ1n) is 5.67. The Balaban J connectivity index is 2.44. The van der Waals surface area contributed by atoms with E-state index in [2.05, 4.69) is 11.6 Å². The minimum absolute atomic E-state index is 0.175. The summed E-state index contributed by atoms with van der Waals surface area (Å²) in [5.41, 5.74) is 0. The van der Waals surface area contributed by atoms with Crippen LogP contribution in [0.4, 0.5) is 0 Å². The summed E-state index contributed by atoms with van der Waals surface area (Å²) in [6, 6.07) is 0.295. The van der Waals surface area contributed by atoms with Crippen molar-refractivity contribution >= 4 is 11.0 Å². The summed E-state index contributed by atoms with van der Waals surface area (Å²) in [5, 5.41) is 9.59. The Kier molecular flexibility index (Phi) is 4.32. The highest BCUT2D eigenvalue weighted by Crippen LogP contribution is 2.25. The number of rotatable bonds is 2. The second-order valence-electron chi connectivity index (χ2n) is 5.55. The highest BCUT2D eigenvalue weighted by Gasteiger charge is 2.29. The van der Waals surface area contributed by atoms with Gasteiger partial charge in [0.2, 0.25) is 0 Å². The highest BCUT2D eigenvalue weighted by atomic mass is 32.2. The molecule has 1 fully saturated rings. The molecule has 0 unspecified atom stereocenters. The van der Waals surface area contributed by atoms with Gasteiger partial charge in [0.15, 0.2) is 0 Å². The maximum Gasteiger partial charge on any atom is 0.0972 e. The molecule has 0 aliphatic heterocycles. The van der Waals surface area contributed by atoms with Crippen LogP contribution >= 0.6 is 0 Å². The summed E-state index contributed by atoms with van der Waals surface area (Å²) in [6.45, 7) is 7.96. The first-order chi connectivity index (χ1) is 6.80. The van der Waals surface area contributed by atoms with E-state index in [0.717, 1.165) is 19.3 Å². The maximum atomic E-state index is 11.9. The van der Waals surface area contributed by atoms with Gasteiger partial charge in [-0.15, -0.1) is 0 Å². The van der Waals surface area contributed by atoms with Gasteiger partial charge in [-0.25, -0.2) is 8.93 Å². The molecule has 15 heavy (non-hydrogen) atoms. The second kappa shape index (κ2) is 4.93. The molecule has 0 bridgehead atoms. The van der Waals surface area contributed by atoms with Crippen LogP contribution in [0.2, 0.25) is 0 Å². The Morgan fingerprint density at radius 2 is 1.93 bits per heavy atom. The standard InChI is InChI=1S/C11H23NO2S/c1-8-7-9(5-6-10(8)13)12-15(14)11(2,3)4/h8-10,12-13H,5-7H2,1-4H3/t8-,9+,10-,15+/m1/s1. The molecule has 0 aromatic rings. The van der Waals surface area contributed by atoms with Crippen molar-refractivity contribution in [3.05, 3.63) is 0 Å². The van der Waals surface area contributed by atoms with Crippen molar-refractivity contribution in [3.63, 3.8) is 0 Å². The lowest BCUT2D eigenvalue weighted by Crippen LogP contribution is -2.44. The van der Waals surface area contributed by atoms with E-state index in [0.29, 0.717) is 12.0 Å². The molecule has 3 nitrogen and oxygen atoms in total. The van der Waals surface area contributed by atoms with Crippen LogP contribution in [-0.2, 0) is 11.0 Å². The van der Waals surface area contributed by atoms with E-state index < -0.39 is 11.0 Å². The van der Waals surface area contributed by atoms with Crippen molar-refractivity contribution in [2.45, 2.75) is 63.9 Å². The summed E-state index contributed by atoms with van der Waals surface area (Å²) in [7, 11) is -0.993. The average molecular weight is 233 g/mol. The monoisotopic (exact) mass is 233 g/mol. The zero-order chi connectivity index (χ0) is 11.6. The third-order valence-corrected chi connectivity index (χ3v) is 4.61. The van der Waals surface area contributed by atoms with Crippen LogP contribution in [0.3, 0.4) is 0 Å². The largest absolute Gasteiger partial charge is 0.393 e. The lowest BCUT2D eigenvalue weighted by atomic mass is 9.85. The second-order valence-corrected chi connectivity index (χ2v) is 7.55. The maximum absolute atomic E-state index is 11.9. The molecule has 2 N–H and O–H groups in total. The fourth-order valence-electron chi connectivity index (χ4n) is 1.82. The van der Waals surface area contributed by atoms with Crippen molar-refractivity contribution < 1.29 is 9.32 Å². The van der Waals surface area contributed by atoms with Gasteiger partial charge in [-0.2, -0.15) is 0 Å². The first-order valence-corrected chi connectivity index (χ1v) is 6.82. The summed E-state index contributed by atoms with van der Waals surface area (Å²) in [6.07, 6.45) is 2.49. The van der Waals surface area contributed by atoms with E-state index in [1.165, 1.54) is 0 Å². The van der Waals surface area contributed by atoms with Crippen molar-refractivity contribution in [1.82, 2.24) is 4.72 Å². The number of aliphatic hydroxyl groups is 1. The SMILES string of the molecule is C[C@@H]1C[C@@H](N[S@@](=O)C(C)(C)C)CC[C@H]1O. The lowest BCUT2D eigenvalue weighted by molar-refractivity contribution is 0.0698. The Morgan fingerprint density at radius 3 is 2.40 bits per heavy atom. The van der Waals surface area contributed by atoms with Gasteiger partial charge >= 0.3 is 0 Å². The lowest BCUT2D eigenvalue weighted by Gasteiger charge is -2.32. The molecule has 0 radical (unpaired) electrons. The molecule has 4 atom stereocenters. The van der Waals surface area contributed by atoms with Gasteiger partial charge in [-0.3, -0.25) is 0 Å². The first kappa shape index (κ1) is 13.1. The molecule has 1 saturated carbocycles. The van der Waals surface area contributed by atoms with Gasteiger partial charge in [0.25, 0.3) is 0 Å². The average Bonchev–Trinajstić information content (AvgIpc) is 2.10. The van der Waals surface area contributed by atoms with Crippen LogP contribution in [0.5, 0.6) is 0 Å². The summed E-state index contributed by atoms with van der Waals surface area (Å²) in [4.78, 5) is 0. The summed E-state index contributed by atoms with van der Waals surface area (Å²) < 4.78 is 14.8. The number of hydrogen-bond donors (Lipinski definition) is 2. The molecule has 0 aromatic carbocycles. The quantitative estimate of drug-likeness (QED) is 0.761. The third-order valence-electron chi connectivity index (χ3n) is 2.95. The molecule has 0 aromatic heterocycles. The van der Waals surface area contributed by atoms with Gasteiger partial charge in [-0.05, 0) is 46.0 Å². The van der Waals surface area contributed by atoms with E-state index in [4.69, 9.17) is 0 Å². The van der Waals surface area contributed by atoms with E-state index in [9.17, 15) is 9.32 Å². The molecule has 0 spiro atoms. The van der Waals surface area contributed by atoms with Gasteiger partial charge < -0.3 is 5.11 Å². The minimum Gasteiger partial charge on any atom is -0.393 e. The smallest absolute Gasteiger partial charge is 0.0972 e. The summed E-state index contributed by atoms with van der Waals surface area (Å²) >= 11 is 0. The van der Waals surface area contributed by atoms with E-state index >= 15 is 0 Å². The molecule has 1 aliphatic carbocycles. The Morgan fingerprint density at radius 1 is 1.33 bits per heavy atom. The van der Waals surface area contributed by atoms with Crippen LogP contribution in [0, 0.1) is 5.92 Å². The fourth-order valence-corrected chi connectivity index (χ4v) is 2.69. The molecule has 1 rings (SSSR count). The van der Waals surface area contributed by atoms with Crippen molar-refractivity contribution in [2.24, 2.45) is 5.92 Å². The Bertz CT molecular complexity index is 237. The molecular weight excluding hydrogens is 210 g/mol. The van der Waals surface area contributed by atoms with Crippen LogP contribution < -0.4 is 4.72 Å². The van der Waals surface area contributed by atoms with Gasteiger partial charge in [-0.1, -0.05) is 6.92 Å². The minimum atomic E-state index is -0.993. The van der Waals surface area contributed by atoms with Crippen molar-refractivity contribution in [2.75, 3.05) is 0 Å². The highest BCUT2D eigenvalue weighted by molar-refractivity contribution is 7.84. The predicted octanol–water partition coefficient (Wildman–Crippen LogP) is 1.59. The fraction of sp³-hybridized carbons (Fsp3) is 1.00. The molecule has 0 saturated heterocycles. The molecular formula is C11H23NO2S. The van der Waals surface area contributed by atoms with E-state index in [1.54, 1.807) is 0 Å². The molecule has 4 heteroatoms. The number of hydrogen-bond acceptors (Lipinski definition) is 2. The Labute approximate surface area is 95.2 Å². The van der Waals surface area contributed by atoms with Crippen LogP contribution in [0.15, 0.2) is 0 Å². The van der Waals surface area contributed by atoms with E-state index in [1.807, 2.05) is 20.8 Å². The number of nitrogens with one attached hydrogen (secondary N) is 1. The van der Waals surface area contributed by atoms with Crippen molar-refractivity contribution in [1.29, 1.82) is 0 Å². The molecule has 0 amide bonds. The van der Waals surface area contributed by atoms with Gasteiger partial charge in [0.1, 0.15) is 0 Å². The van der Waals surface area contributed by atoms with Crippen LogP contribution in [0.1, 0.15) is 47.0 Å². The molecule has 90 valence electrons. The normalized spacial score (nSPS) is 35.1. The molecule has 1 aliphatic rings. The summed E-state index contributed by atoms with van der Waals surface area (Å²) in [5.74, 6) is 0.313. The Hall–Kier alpha value is 0.0700. The predicted molar refractivity (Wildman–Crippen MR) is 63.8 cm³/mol. The van der Waals surface area contributed by atoms with Gasteiger partial charge in [0, 0.05) is 6.04 Å².